The first-order valence-electron chi connectivity index (χ1n) is 15.9. The summed E-state index contributed by atoms with van der Waals surface area (Å²) in [6.07, 6.45) is 7.53. The van der Waals surface area contributed by atoms with Gasteiger partial charge in [-0.15, -0.1) is 0 Å². The van der Waals surface area contributed by atoms with E-state index in [0.29, 0.717) is 34.5 Å². The molecule has 1 N–H and O–H groups in total. The number of amides is 2. The molecule has 12 heteroatoms. The monoisotopic (exact) mass is 657 g/mol. The Balaban J connectivity index is 1.42. The molecule has 0 unspecified atom stereocenters. The number of hydrogen-bond acceptors (Lipinski definition) is 8. The highest BCUT2D eigenvalue weighted by Crippen LogP contribution is 2.41. The number of furan rings is 1. The van der Waals surface area contributed by atoms with Crippen LogP contribution >= 0.6 is 0 Å². The van der Waals surface area contributed by atoms with Crippen LogP contribution in [0.1, 0.15) is 79.2 Å². The summed E-state index contributed by atoms with van der Waals surface area (Å²) >= 11 is 0. The predicted octanol–water partition coefficient (Wildman–Crippen LogP) is 6.87. The van der Waals surface area contributed by atoms with Gasteiger partial charge in [0, 0.05) is 30.2 Å². The van der Waals surface area contributed by atoms with Crippen molar-refractivity contribution in [1.29, 1.82) is 0 Å². The zero-order valence-corrected chi connectivity index (χ0v) is 27.9. The van der Waals surface area contributed by atoms with Gasteiger partial charge >= 0.3 is 0 Å². The molecule has 2 aliphatic rings. The third-order valence-electron chi connectivity index (χ3n) is 9.13. The number of carbonyl (C=O) groups excluding carboxylic acids is 2. The third-order valence-corrected chi connectivity index (χ3v) is 10.5. The Morgan fingerprint density at radius 2 is 1.83 bits per heavy atom. The first-order chi connectivity index (χ1) is 22.5. The average Bonchev–Trinajstić information content (AvgIpc) is 3.88. The molecule has 2 aromatic heterocycles. The summed E-state index contributed by atoms with van der Waals surface area (Å²) in [7, 11) is -2.53. The molecular formula is C35H39N5O6S. The van der Waals surface area contributed by atoms with Crippen LogP contribution in [0.5, 0.6) is 0 Å². The third kappa shape index (κ3) is 6.09. The minimum atomic E-state index is -4.15. The van der Waals surface area contributed by atoms with Crippen LogP contribution in [0, 0.1) is 13.8 Å². The molecule has 0 bridgehead atoms. The van der Waals surface area contributed by atoms with E-state index >= 15 is 0 Å². The van der Waals surface area contributed by atoms with E-state index in [1.54, 1.807) is 62.2 Å². The molecule has 11 nitrogen and oxygen atoms in total. The summed E-state index contributed by atoms with van der Waals surface area (Å²) < 4.78 is 40.8. The van der Waals surface area contributed by atoms with Crippen LogP contribution in [0.15, 0.2) is 79.7 Å². The number of aryl methyl sites for hydroxylation is 1. The van der Waals surface area contributed by atoms with E-state index in [1.807, 2.05) is 12.1 Å². The fourth-order valence-electron chi connectivity index (χ4n) is 6.35. The van der Waals surface area contributed by atoms with Gasteiger partial charge in [-0.1, -0.05) is 61.7 Å². The van der Waals surface area contributed by atoms with Crippen molar-refractivity contribution in [1.82, 2.24) is 10.1 Å². The average molecular weight is 658 g/mol. The quantitative estimate of drug-likeness (QED) is 0.186. The number of unbranched alkanes of at least 4 members (excludes halogenated alkanes) is 1. The number of anilines is 2. The number of amidine groups is 1. The highest BCUT2D eigenvalue weighted by Gasteiger charge is 2.49. The van der Waals surface area contributed by atoms with Crippen molar-refractivity contribution >= 4 is 39.2 Å². The zero-order chi connectivity index (χ0) is 33.3. The number of carbonyl (C=O) groups is 2. The molecule has 2 amide bonds. The minimum Gasteiger partial charge on any atom is -0.459 e. The molecule has 3 heterocycles. The van der Waals surface area contributed by atoms with Gasteiger partial charge in [0.15, 0.2) is 5.76 Å². The Morgan fingerprint density at radius 3 is 2.51 bits per heavy atom. The van der Waals surface area contributed by atoms with E-state index in [0.717, 1.165) is 49.9 Å². The number of nitrogens with zero attached hydrogens (tertiary/aromatic N) is 4. The Labute approximate surface area is 274 Å². The molecule has 1 saturated carbocycles. The molecular weight excluding hydrogens is 618 g/mol. The van der Waals surface area contributed by atoms with Crippen molar-refractivity contribution in [3.05, 3.63) is 83.4 Å². The number of sulfonamides is 1. The topological polar surface area (TPSA) is 138 Å². The number of aliphatic imine (C=N–C) groups is 1. The largest absolute Gasteiger partial charge is 0.459 e. The maximum Gasteiger partial charge on any atom is 0.293 e. The molecule has 1 fully saturated rings. The number of hydrogen-bond donors (Lipinski definition) is 1. The van der Waals surface area contributed by atoms with Crippen LogP contribution in [0.4, 0.5) is 11.6 Å². The predicted molar refractivity (Wildman–Crippen MR) is 179 cm³/mol. The van der Waals surface area contributed by atoms with Gasteiger partial charge in [-0.2, -0.15) is 0 Å². The second kappa shape index (κ2) is 12.8. The Bertz CT molecular complexity index is 1940. The lowest BCUT2D eigenvalue weighted by Crippen LogP contribution is -2.40. The van der Waals surface area contributed by atoms with Gasteiger partial charge in [0.25, 0.3) is 21.8 Å². The van der Waals surface area contributed by atoms with Gasteiger partial charge in [0.05, 0.1) is 29.1 Å². The van der Waals surface area contributed by atoms with E-state index in [-0.39, 0.29) is 29.0 Å². The van der Waals surface area contributed by atoms with Crippen molar-refractivity contribution < 1.29 is 26.9 Å². The summed E-state index contributed by atoms with van der Waals surface area (Å²) in [5.74, 6) is 0.604. The molecule has 2 aromatic carbocycles. The van der Waals surface area contributed by atoms with Crippen molar-refractivity contribution in [2.24, 2.45) is 4.99 Å². The summed E-state index contributed by atoms with van der Waals surface area (Å²) in [5.41, 5.74) is 2.60. The summed E-state index contributed by atoms with van der Waals surface area (Å²) in [6, 6.07) is 15.3. The number of benzene rings is 2. The lowest BCUT2D eigenvalue weighted by Gasteiger charge is -2.25. The molecule has 0 radical (unpaired) electrons. The molecule has 1 spiro atoms. The second-order valence-electron chi connectivity index (χ2n) is 12.3. The summed E-state index contributed by atoms with van der Waals surface area (Å²) in [4.78, 5) is 35.7. The highest BCUT2D eigenvalue weighted by atomic mass is 32.2. The van der Waals surface area contributed by atoms with E-state index in [2.05, 4.69) is 16.8 Å². The first kappa shape index (κ1) is 32.2. The number of aromatic nitrogens is 1. The fourth-order valence-corrected chi connectivity index (χ4v) is 7.62. The van der Waals surface area contributed by atoms with Gasteiger partial charge in [-0.25, -0.2) is 13.1 Å². The SMILES string of the molecule is CCCCC1=NC2(CCCC2)C(=O)N1Cc1ccc(-c2ccccc2S(=O)(=O)Nc2onc(C)c2C)c(N(C)C(=O)c2ccco2)c1. The second-order valence-corrected chi connectivity index (χ2v) is 13.9. The van der Waals surface area contributed by atoms with E-state index in [9.17, 15) is 18.0 Å². The first-order valence-corrected chi connectivity index (χ1v) is 17.4. The minimum absolute atomic E-state index is 0.00631. The Morgan fingerprint density at radius 1 is 1.06 bits per heavy atom. The van der Waals surface area contributed by atoms with Gasteiger partial charge in [-0.3, -0.25) is 19.5 Å². The summed E-state index contributed by atoms with van der Waals surface area (Å²) in [5, 5.41) is 3.87. The van der Waals surface area contributed by atoms with Crippen LogP contribution < -0.4 is 9.62 Å². The molecule has 1 aliphatic carbocycles. The molecule has 0 atom stereocenters. The highest BCUT2D eigenvalue weighted by molar-refractivity contribution is 7.92. The lowest BCUT2D eigenvalue weighted by atomic mass is 9.97. The van der Waals surface area contributed by atoms with Crippen molar-refractivity contribution in [3.8, 4) is 11.1 Å². The number of rotatable bonds is 11. The zero-order valence-electron chi connectivity index (χ0n) is 27.1. The van der Waals surface area contributed by atoms with Crippen molar-refractivity contribution in [2.45, 2.75) is 82.7 Å². The van der Waals surface area contributed by atoms with Crippen LogP contribution in [0.2, 0.25) is 0 Å². The van der Waals surface area contributed by atoms with Crippen LogP contribution in [-0.4, -0.2) is 48.7 Å². The molecule has 246 valence electrons. The van der Waals surface area contributed by atoms with Crippen molar-refractivity contribution in [2.75, 3.05) is 16.7 Å². The van der Waals surface area contributed by atoms with Crippen LogP contribution in [0.3, 0.4) is 0 Å². The normalized spacial score (nSPS) is 15.8. The molecule has 0 saturated heterocycles. The lowest BCUT2D eigenvalue weighted by molar-refractivity contribution is -0.131. The molecule has 4 aromatic rings. The van der Waals surface area contributed by atoms with E-state index in [1.165, 1.54) is 17.2 Å². The molecule has 1 aliphatic heterocycles. The van der Waals surface area contributed by atoms with Gasteiger partial charge in [-0.05, 0) is 62.9 Å². The van der Waals surface area contributed by atoms with Crippen molar-refractivity contribution in [3.63, 3.8) is 0 Å². The number of nitrogens with one attached hydrogen (secondary N) is 1. The smallest absolute Gasteiger partial charge is 0.293 e. The maximum absolute atomic E-state index is 13.9. The Hall–Kier alpha value is -4.71. The standard InChI is InChI=1S/C35H39N5O6S/c1-5-6-15-31-36-35(18-9-10-19-35)34(42)40(31)22-25-16-17-26(28(21-25)39(4)33(41)29-13-11-20-45-29)27-12-7-8-14-30(27)47(43,44)38-32-23(2)24(3)37-46-32/h7-8,11-14,16-17,20-21,38H,5-6,9-10,15,18-19,22H2,1-4H3. The van der Waals surface area contributed by atoms with Gasteiger partial charge in [0.2, 0.25) is 5.88 Å². The molecule has 47 heavy (non-hydrogen) atoms. The fraction of sp³-hybridized carbons (Fsp3) is 0.371. The molecule has 6 rings (SSSR count). The Kier molecular flexibility index (Phi) is 8.80. The van der Waals surface area contributed by atoms with Crippen LogP contribution in [0.25, 0.3) is 11.1 Å². The van der Waals surface area contributed by atoms with E-state index in [4.69, 9.17) is 13.9 Å². The van der Waals surface area contributed by atoms with E-state index < -0.39 is 21.5 Å². The van der Waals surface area contributed by atoms with Gasteiger partial charge in [0.1, 0.15) is 11.4 Å². The maximum atomic E-state index is 13.9. The van der Waals surface area contributed by atoms with Gasteiger partial charge < -0.3 is 13.8 Å². The summed E-state index contributed by atoms with van der Waals surface area (Å²) in [6.45, 7) is 5.85. The van der Waals surface area contributed by atoms with Crippen LogP contribution in [-0.2, 0) is 21.4 Å².